The van der Waals surface area contributed by atoms with E-state index in [4.69, 9.17) is 0 Å². The molecule has 0 amide bonds. The summed E-state index contributed by atoms with van der Waals surface area (Å²) in [6.07, 6.45) is 1.87. The van der Waals surface area contributed by atoms with Gasteiger partial charge in [-0.05, 0) is 79.5 Å². The molecule has 3 aromatic carbocycles. The summed E-state index contributed by atoms with van der Waals surface area (Å²) in [7, 11) is -3.97. The summed E-state index contributed by atoms with van der Waals surface area (Å²) in [5, 5.41) is -3.73. The van der Waals surface area contributed by atoms with Crippen LogP contribution in [-0.4, -0.2) is 20.8 Å². The highest BCUT2D eigenvalue weighted by molar-refractivity contribution is 7.97. The van der Waals surface area contributed by atoms with Gasteiger partial charge in [-0.15, -0.1) is 0 Å². The van der Waals surface area contributed by atoms with Gasteiger partial charge in [0, 0.05) is 6.42 Å². The van der Waals surface area contributed by atoms with Gasteiger partial charge in [-0.2, -0.15) is 17.2 Å². The zero-order valence-corrected chi connectivity index (χ0v) is 22.9. The molecule has 2 aliphatic rings. The Labute approximate surface area is 217 Å². The number of alkyl halides is 2. The molecule has 0 aromatic heterocycles. The molecule has 0 spiro atoms. The highest BCUT2D eigenvalue weighted by Gasteiger charge is 2.66. The molecule has 3 nitrogen and oxygen atoms in total. The van der Waals surface area contributed by atoms with Gasteiger partial charge >= 0.3 is 15.4 Å². The Morgan fingerprint density at radius 2 is 1.44 bits per heavy atom. The maximum atomic E-state index is 13.2. The van der Waals surface area contributed by atoms with Crippen LogP contribution in [0.3, 0.4) is 0 Å². The lowest BCUT2D eigenvalue weighted by molar-refractivity contribution is 0.0279. The van der Waals surface area contributed by atoms with Gasteiger partial charge in [0.2, 0.25) is 0 Å². The first-order valence-electron chi connectivity index (χ1n) is 12.3. The quantitative estimate of drug-likeness (QED) is 0.229. The summed E-state index contributed by atoms with van der Waals surface area (Å²) in [5.74, 6) is 0.334. The zero-order chi connectivity index (χ0) is 26.4. The fourth-order valence-electron chi connectivity index (χ4n) is 4.58. The van der Waals surface area contributed by atoms with Crippen molar-refractivity contribution in [3.63, 3.8) is 0 Å². The van der Waals surface area contributed by atoms with Crippen LogP contribution in [0.5, 0.6) is 0 Å². The topological polar surface area (TPSA) is 43.4 Å². The maximum absolute atomic E-state index is 13.2. The predicted octanol–water partition coefficient (Wildman–Crippen LogP) is 7.86. The van der Waals surface area contributed by atoms with Crippen LogP contribution in [0.2, 0.25) is 0 Å². The van der Waals surface area contributed by atoms with Gasteiger partial charge in [0.1, 0.15) is 0 Å². The molecule has 36 heavy (non-hydrogen) atoms. The Hall–Kier alpha value is -2.22. The van der Waals surface area contributed by atoms with E-state index in [-0.39, 0.29) is 16.3 Å². The minimum atomic E-state index is -4.71. The lowest BCUT2D eigenvalue weighted by Gasteiger charge is -2.28. The van der Waals surface area contributed by atoms with Crippen molar-refractivity contribution in [2.45, 2.75) is 66.4 Å². The minimum absolute atomic E-state index is 0.0249. The van der Waals surface area contributed by atoms with E-state index in [9.17, 15) is 17.2 Å². The molecule has 194 valence electrons. The standard InChI is InChI=1S/C19H17S.C8H12F2O3S.C2H6/c1-16-9-8-14-19(15-16)20(17-10-4-2-5-11-17)18-12-6-3-7-13-18;1-13-14(11,12)8(9,10)5-7-3-2-6(7)4-7;1-2/h2-15H,1H3;6H,2-5H2,1H3;1-2H3/q+1;;. The highest BCUT2D eigenvalue weighted by Crippen LogP contribution is 2.71. The Morgan fingerprint density at radius 1 is 0.917 bits per heavy atom. The van der Waals surface area contributed by atoms with Crippen LogP contribution >= 0.6 is 0 Å². The Balaban J connectivity index is 0.000000198. The van der Waals surface area contributed by atoms with Crippen molar-refractivity contribution >= 4 is 21.0 Å². The second-order valence-electron chi connectivity index (χ2n) is 8.99. The molecular formula is C29H35F2O3S2+. The summed E-state index contributed by atoms with van der Waals surface area (Å²) in [4.78, 5) is 4.11. The normalized spacial score (nSPS) is 20.1. The zero-order valence-electron chi connectivity index (χ0n) is 21.3. The second-order valence-corrected chi connectivity index (χ2v) is 12.9. The molecule has 0 heterocycles. The average molecular weight is 534 g/mol. The van der Waals surface area contributed by atoms with Crippen LogP contribution < -0.4 is 0 Å². The fraction of sp³-hybridized carbons (Fsp3) is 0.379. The lowest BCUT2D eigenvalue weighted by atomic mass is 9.82. The number of aryl methyl sites for hydroxylation is 1. The Morgan fingerprint density at radius 3 is 1.83 bits per heavy atom. The molecule has 2 fully saturated rings. The van der Waals surface area contributed by atoms with Crippen molar-refractivity contribution in [2.24, 2.45) is 11.3 Å². The van der Waals surface area contributed by atoms with Crippen LogP contribution in [-0.2, 0) is 25.2 Å². The SMILES string of the molecule is CC.COS(=O)(=O)C(F)(F)CC12CCC1C2.Cc1cccc([S+](c2ccccc2)c2ccccc2)c1. The second kappa shape index (κ2) is 11.9. The van der Waals surface area contributed by atoms with E-state index in [0.29, 0.717) is 5.92 Å². The molecule has 2 aliphatic carbocycles. The van der Waals surface area contributed by atoms with Crippen molar-refractivity contribution in [2.75, 3.05) is 7.11 Å². The van der Waals surface area contributed by atoms with Crippen LogP contribution in [0.15, 0.2) is 99.6 Å². The Bertz CT molecular complexity index is 1170. The summed E-state index contributed by atoms with van der Waals surface area (Å²) in [6, 6.07) is 30.3. The summed E-state index contributed by atoms with van der Waals surface area (Å²) >= 11 is 0. The van der Waals surface area contributed by atoms with E-state index in [0.717, 1.165) is 26.4 Å². The van der Waals surface area contributed by atoms with Gasteiger partial charge < -0.3 is 0 Å². The van der Waals surface area contributed by atoms with Crippen LogP contribution in [0, 0.1) is 18.3 Å². The van der Waals surface area contributed by atoms with Gasteiger partial charge in [-0.1, -0.05) is 62.4 Å². The van der Waals surface area contributed by atoms with Gasteiger partial charge in [-0.3, -0.25) is 4.18 Å². The highest BCUT2D eigenvalue weighted by atomic mass is 32.2. The molecule has 2 unspecified atom stereocenters. The number of rotatable bonds is 7. The van der Waals surface area contributed by atoms with Crippen molar-refractivity contribution in [3.05, 3.63) is 90.5 Å². The van der Waals surface area contributed by atoms with E-state index in [1.54, 1.807) is 0 Å². The largest absolute Gasteiger partial charge is 0.370 e. The van der Waals surface area contributed by atoms with Crippen molar-refractivity contribution in [1.29, 1.82) is 0 Å². The third-order valence-corrected chi connectivity index (χ3v) is 10.2. The van der Waals surface area contributed by atoms with Crippen LogP contribution in [0.25, 0.3) is 0 Å². The summed E-state index contributed by atoms with van der Waals surface area (Å²) in [5.41, 5.74) is 0.932. The van der Waals surface area contributed by atoms with E-state index in [2.05, 4.69) is 96.0 Å². The molecule has 0 N–H and O–H groups in total. The third-order valence-electron chi connectivity index (χ3n) is 6.68. The average Bonchev–Trinajstić information content (AvgIpc) is 3.39. The molecule has 3 aromatic rings. The molecule has 0 radical (unpaired) electrons. The first kappa shape index (κ1) is 28.4. The molecule has 0 aliphatic heterocycles. The molecule has 2 atom stereocenters. The third kappa shape index (κ3) is 6.36. The fourth-order valence-corrected chi connectivity index (χ4v) is 7.48. The molecule has 2 saturated carbocycles. The first-order chi connectivity index (χ1) is 17.2. The molecule has 7 heteroatoms. The monoisotopic (exact) mass is 533 g/mol. The molecular weight excluding hydrogens is 498 g/mol. The molecule has 5 rings (SSSR count). The van der Waals surface area contributed by atoms with E-state index in [1.807, 2.05) is 13.8 Å². The summed E-state index contributed by atoms with van der Waals surface area (Å²) < 4.78 is 52.1. The van der Waals surface area contributed by atoms with Crippen molar-refractivity contribution in [3.8, 4) is 0 Å². The van der Waals surface area contributed by atoms with Gasteiger partial charge in [-0.25, -0.2) is 0 Å². The smallest absolute Gasteiger partial charge is 0.269 e. The number of fused-ring (bicyclic) bond motifs is 1. The number of halogens is 2. The van der Waals surface area contributed by atoms with Crippen LogP contribution in [0.4, 0.5) is 8.78 Å². The van der Waals surface area contributed by atoms with E-state index in [1.165, 1.54) is 20.2 Å². The summed E-state index contributed by atoms with van der Waals surface area (Å²) in [6.45, 7) is 6.15. The number of hydrogen-bond acceptors (Lipinski definition) is 3. The molecule has 0 bridgehead atoms. The van der Waals surface area contributed by atoms with Crippen LogP contribution in [0.1, 0.15) is 45.1 Å². The van der Waals surface area contributed by atoms with Crippen molar-refractivity contribution in [1.82, 2.24) is 0 Å². The van der Waals surface area contributed by atoms with Gasteiger partial charge in [0.25, 0.3) is 0 Å². The van der Waals surface area contributed by atoms with Crippen molar-refractivity contribution < 1.29 is 21.4 Å². The first-order valence-corrected chi connectivity index (χ1v) is 14.9. The van der Waals surface area contributed by atoms with E-state index >= 15 is 0 Å². The predicted molar refractivity (Wildman–Crippen MR) is 143 cm³/mol. The van der Waals surface area contributed by atoms with Gasteiger partial charge in [0.15, 0.2) is 14.7 Å². The number of benzene rings is 3. The van der Waals surface area contributed by atoms with Gasteiger partial charge in [0.05, 0.1) is 18.0 Å². The number of hydrogen-bond donors (Lipinski definition) is 0. The maximum Gasteiger partial charge on any atom is 0.370 e. The minimum Gasteiger partial charge on any atom is -0.269 e. The lowest BCUT2D eigenvalue weighted by Crippen LogP contribution is -2.35. The van der Waals surface area contributed by atoms with E-state index < -0.39 is 21.8 Å². The molecule has 0 saturated heterocycles. The Kier molecular flexibility index (Phi) is 9.36.